The number of benzene rings is 1. The van der Waals surface area contributed by atoms with Gasteiger partial charge >= 0.3 is 0 Å². The van der Waals surface area contributed by atoms with Crippen molar-refractivity contribution in [3.63, 3.8) is 0 Å². The minimum atomic E-state index is -1.77. The van der Waals surface area contributed by atoms with Crippen LogP contribution in [-0.2, 0) is 0 Å². The Bertz CT molecular complexity index is 594. The van der Waals surface area contributed by atoms with Crippen LogP contribution in [0.5, 0.6) is 0 Å². The molecular formula is C21H32Si. The molecule has 0 aliphatic heterocycles. The third kappa shape index (κ3) is 2.34. The van der Waals surface area contributed by atoms with Crippen LogP contribution in [0.15, 0.2) is 52.2 Å². The van der Waals surface area contributed by atoms with E-state index in [1.807, 2.05) is 0 Å². The molecule has 0 saturated heterocycles. The first-order valence-corrected chi connectivity index (χ1v) is 10.9. The standard InChI is InChI=1S/C21H32Si/c1-14(2)22(15(3)4,20-12-10-9-11-13-20)21-18(7)16(5)17(6)19(21)8/h9-15,18H,1-8H3. The molecule has 0 saturated carbocycles. The fraction of sp³-hybridized carbons (Fsp3) is 0.524. The van der Waals surface area contributed by atoms with Crippen LogP contribution in [0.1, 0.15) is 55.4 Å². The monoisotopic (exact) mass is 312 g/mol. The summed E-state index contributed by atoms with van der Waals surface area (Å²) in [6.07, 6.45) is 0. The van der Waals surface area contributed by atoms with E-state index >= 15 is 0 Å². The van der Waals surface area contributed by atoms with Crippen molar-refractivity contribution in [2.45, 2.75) is 66.5 Å². The van der Waals surface area contributed by atoms with Gasteiger partial charge in [0.15, 0.2) is 0 Å². The molecule has 1 aliphatic rings. The van der Waals surface area contributed by atoms with Crippen molar-refractivity contribution in [3.8, 4) is 0 Å². The molecule has 0 aromatic heterocycles. The minimum Gasteiger partial charge on any atom is -0.0652 e. The zero-order valence-corrected chi connectivity index (χ0v) is 16.6. The highest BCUT2D eigenvalue weighted by Gasteiger charge is 2.48. The summed E-state index contributed by atoms with van der Waals surface area (Å²) >= 11 is 0. The van der Waals surface area contributed by atoms with Gasteiger partial charge in [-0.05, 0) is 43.3 Å². The van der Waals surface area contributed by atoms with Crippen molar-refractivity contribution in [1.82, 2.24) is 0 Å². The number of hydrogen-bond donors (Lipinski definition) is 0. The first-order valence-electron chi connectivity index (χ1n) is 8.70. The Morgan fingerprint density at radius 3 is 1.68 bits per heavy atom. The highest BCUT2D eigenvalue weighted by atomic mass is 28.3. The molecule has 0 amide bonds. The second kappa shape index (κ2) is 6.20. The highest BCUT2D eigenvalue weighted by molar-refractivity contribution is 6.99. The van der Waals surface area contributed by atoms with Gasteiger partial charge in [-0.15, -0.1) is 0 Å². The van der Waals surface area contributed by atoms with Gasteiger partial charge in [-0.25, -0.2) is 0 Å². The average molecular weight is 313 g/mol. The van der Waals surface area contributed by atoms with Gasteiger partial charge < -0.3 is 0 Å². The summed E-state index contributed by atoms with van der Waals surface area (Å²) in [5.41, 5.74) is 6.13. The van der Waals surface area contributed by atoms with Crippen LogP contribution in [-0.4, -0.2) is 8.07 Å². The lowest BCUT2D eigenvalue weighted by Crippen LogP contribution is -2.56. The first-order chi connectivity index (χ1) is 10.3. The van der Waals surface area contributed by atoms with Gasteiger partial charge in [-0.3, -0.25) is 0 Å². The predicted octanol–water partition coefficient (Wildman–Crippen LogP) is 6.00. The molecule has 22 heavy (non-hydrogen) atoms. The largest absolute Gasteiger partial charge is 0.119 e. The first kappa shape index (κ1) is 17.3. The van der Waals surface area contributed by atoms with Gasteiger partial charge in [0, 0.05) is 0 Å². The maximum atomic E-state index is 2.45. The fourth-order valence-electron chi connectivity index (χ4n) is 4.86. The van der Waals surface area contributed by atoms with Gasteiger partial charge in [0.2, 0.25) is 0 Å². The Morgan fingerprint density at radius 1 is 0.818 bits per heavy atom. The number of rotatable bonds is 4. The molecule has 0 nitrogen and oxygen atoms in total. The molecule has 1 aromatic rings. The van der Waals surface area contributed by atoms with Gasteiger partial charge in [-0.2, -0.15) is 0 Å². The summed E-state index contributed by atoms with van der Waals surface area (Å²) in [5, 5.41) is 3.40. The lowest BCUT2D eigenvalue weighted by molar-refractivity contribution is 0.814. The third-order valence-corrected chi connectivity index (χ3v) is 12.8. The van der Waals surface area contributed by atoms with Gasteiger partial charge in [0.1, 0.15) is 8.07 Å². The summed E-state index contributed by atoms with van der Waals surface area (Å²) in [4.78, 5) is 0. The SMILES string of the molecule is CC1=C(C)C(C)C([Si](c2ccccc2)(C(C)C)C(C)C)=C1C. The van der Waals surface area contributed by atoms with E-state index in [0.717, 1.165) is 0 Å². The van der Waals surface area contributed by atoms with E-state index in [4.69, 9.17) is 0 Å². The molecule has 0 fully saturated rings. The lowest BCUT2D eigenvalue weighted by atomic mass is 10.1. The zero-order chi connectivity index (χ0) is 16.7. The van der Waals surface area contributed by atoms with Crippen molar-refractivity contribution >= 4 is 13.3 Å². The molecule has 0 heterocycles. The Hall–Kier alpha value is -1.08. The topological polar surface area (TPSA) is 0 Å². The van der Waals surface area contributed by atoms with E-state index in [9.17, 15) is 0 Å². The second-order valence-corrected chi connectivity index (χ2v) is 12.8. The van der Waals surface area contributed by atoms with Crippen molar-refractivity contribution in [3.05, 3.63) is 52.2 Å². The molecule has 2 rings (SSSR count). The molecule has 120 valence electrons. The molecule has 1 atom stereocenters. The van der Waals surface area contributed by atoms with Gasteiger partial charge in [-0.1, -0.05) is 86.5 Å². The molecule has 0 bridgehead atoms. The van der Waals surface area contributed by atoms with Crippen LogP contribution >= 0.6 is 0 Å². The third-order valence-electron chi connectivity index (χ3n) is 6.16. The van der Waals surface area contributed by atoms with Crippen molar-refractivity contribution in [2.24, 2.45) is 5.92 Å². The van der Waals surface area contributed by atoms with Crippen LogP contribution < -0.4 is 5.19 Å². The van der Waals surface area contributed by atoms with E-state index in [-0.39, 0.29) is 0 Å². The van der Waals surface area contributed by atoms with Crippen LogP contribution in [0.4, 0.5) is 0 Å². The summed E-state index contributed by atoms with van der Waals surface area (Å²) in [6.45, 7) is 19.3. The molecule has 0 N–H and O–H groups in total. The van der Waals surface area contributed by atoms with E-state index in [2.05, 4.69) is 85.7 Å². The number of hydrogen-bond acceptors (Lipinski definition) is 0. The van der Waals surface area contributed by atoms with E-state index in [0.29, 0.717) is 17.0 Å². The fourth-order valence-corrected chi connectivity index (χ4v) is 11.6. The molecule has 0 spiro atoms. The van der Waals surface area contributed by atoms with Crippen LogP contribution in [0.25, 0.3) is 0 Å². The molecule has 0 radical (unpaired) electrons. The quantitative estimate of drug-likeness (QED) is 0.598. The average Bonchev–Trinajstić information content (AvgIpc) is 2.66. The maximum absolute atomic E-state index is 2.45. The molecule has 1 aliphatic carbocycles. The Morgan fingerprint density at radius 2 is 1.32 bits per heavy atom. The Labute approximate surface area is 138 Å². The Balaban J connectivity index is 2.77. The second-order valence-electron chi connectivity index (χ2n) is 7.61. The van der Waals surface area contributed by atoms with Gasteiger partial charge in [0.05, 0.1) is 0 Å². The highest BCUT2D eigenvalue weighted by Crippen LogP contribution is 2.48. The predicted molar refractivity (Wildman–Crippen MR) is 102 cm³/mol. The molecular weight excluding hydrogens is 280 g/mol. The lowest BCUT2D eigenvalue weighted by Gasteiger charge is -2.44. The van der Waals surface area contributed by atoms with E-state index in [1.54, 1.807) is 21.5 Å². The molecule has 1 heteroatoms. The minimum absolute atomic E-state index is 0.608. The Kier molecular flexibility index (Phi) is 4.86. The zero-order valence-electron chi connectivity index (χ0n) is 15.6. The van der Waals surface area contributed by atoms with Crippen LogP contribution in [0, 0.1) is 5.92 Å². The molecule has 1 aromatic carbocycles. The smallest absolute Gasteiger partial charge is 0.0652 e. The van der Waals surface area contributed by atoms with Crippen molar-refractivity contribution in [2.75, 3.05) is 0 Å². The van der Waals surface area contributed by atoms with Crippen LogP contribution in [0.2, 0.25) is 11.1 Å². The molecule has 1 unspecified atom stereocenters. The summed E-state index contributed by atoms with van der Waals surface area (Å²) in [6, 6.07) is 11.4. The summed E-state index contributed by atoms with van der Waals surface area (Å²) in [7, 11) is -1.77. The van der Waals surface area contributed by atoms with Crippen LogP contribution in [0.3, 0.4) is 0 Å². The van der Waals surface area contributed by atoms with Crippen molar-refractivity contribution < 1.29 is 0 Å². The van der Waals surface area contributed by atoms with Gasteiger partial charge in [0.25, 0.3) is 0 Å². The van der Waals surface area contributed by atoms with E-state index < -0.39 is 8.07 Å². The summed E-state index contributed by atoms with van der Waals surface area (Å²) < 4.78 is 0. The normalized spacial score (nSPS) is 19.8. The van der Waals surface area contributed by atoms with Crippen molar-refractivity contribution in [1.29, 1.82) is 0 Å². The summed E-state index contributed by atoms with van der Waals surface area (Å²) in [5.74, 6) is 0.608. The number of allylic oxidation sites excluding steroid dienone is 4. The van der Waals surface area contributed by atoms with E-state index in [1.165, 1.54) is 5.57 Å². The maximum Gasteiger partial charge on any atom is 0.119 e.